The van der Waals surface area contributed by atoms with E-state index in [1.165, 1.54) is 4.80 Å². The van der Waals surface area contributed by atoms with Gasteiger partial charge in [-0.15, -0.1) is 10.2 Å². The van der Waals surface area contributed by atoms with Gasteiger partial charge in [-0.1, -0.05) is 36.8 Å². The molecule has 2 rings (SSSR count). The molecule has 7 nitrogen and oxygen atoms in total. The number of aliphatic hydroxyl groups is 1. The fourth-order valence-electron chi connectivity index (χ4n) is 1.90. The largest absolute Gasteiger partial charge is 0.393 e. The molecular weight excluding hydrogens is 282 g/mol. The quantitative estimate of drug-likeness (QED) is 0.793. The van der Waals surface area contributed by atoms with Crippen molar-refractivity contribution in [3.63, 3.8) is 0 Å². The van der Waals surface area contributed by atoms with Crippen LogP contribution in [-0.2, 0) is 11.3 Å². The molecule has 0 aliphatic carbocycles. The maximum absolute atomic E-state index is 11.8. The van der Waals surface area contributed by atoms with Crippen molar-refractivity contribution in [2.24, 2.45) is 0 Å². The number of carbonyl (C=O) groups excluding carboxylic acids is 1. The van der Waals surface area contributed by atoms with E-state index in [1.54, 1.807) is 0 Å². The minimum Gasteiger partial charge on any atom is -0.393 e. The third-order valence-electron chi connectivity index (χ3n) is 3.32. The highest BCUT2D eigenvalue weighted by molar-refractivity contribution is 5.75. The van der Waals surface area contributed by atoms with Crippen LogP contribution < -0.4 is 5.32 Å². The predicted octanol–water partition coefficient (Wildman–Crippen LogP) is 0.926. The lowest BCUT2D eigenvalue weighted by Crippen LogP contribution is -2.30. The number of carbonyl (C=O) groups is 1. The van der Waals surface area contributed by atoms with E-state index >= 15 is 0 Å². The van der Waals surface area contributed by atoms with Gasteiger partial charge in [0.25, 0.3) is 0 Å². The zero-order chi connectivity index (χ0) is 15.9. The van der Waals surface area contributed by atoms with Crippen LogP contribution in [0.2, 0.25) is 0 Å². The Morgan fingerprint density at radius 1 is 1.36 bits per heavy atom. The average molecular weight is 303 g/mol. The van der Waals surface area contributed by atoms with Gasteiger partial charge in [-0.25, -0.2) is 0 Å². The van der Waals surface area contributed by atoms with Gasteiger partial charge in [-0.05, 0) is 25.0 Å². The molecule has 118 valence electrons. The minimum absolute atomic E-state index is 0.0150. The smallest absolute Gasteiger partial charge is 0.243 e. The number of aromatic nitrogens is 4. The Morgan fingerprint density at radius 2 is 2.09 bits per heavy atom. The summed E-state index contributed by atoms with van der Waals surface area (Å²) in [5, 5.41) is 24.2. The lowest BCUT2D eigenvalue weighted by molar-refractivity contribution is -0.122. The zero-order valence-electron chi connectivity index (χ0n) is 12.9. The van der Waals surface area contributed by atoms with Crippen LogP contribution >= 0.6 is 0 Å². The summed E-state index contributed by atoms with van der Waals surface area (Å²) in [6.07, 6.45) is 0.847. The van der Waals surface area contributed by atoms with Gasteiger partial charge in [-0.2, -0.15) is 4.80 Å². The van der Waals surface area contributed by atoms with E-state index in [1.807, 2.05) is 38.1 Å². The number of aryl methyl sites for hydroxylation is 1. The van der Waals surface area contributed by atoms with Gasteiger partial charge in [0, 0.05) is 12.1 Å². The molecule has 0 aliphatic heterocycles. The van der Waals surface area contributed by atoms with Crippen molar-refractivity contribution in [2.45, 2.75) is 39.3 Å². The maximum atomic E-state index is 11.8. The number of rotatable bonds is 7. The summed E-state index contributed by atoms with van der Waals surface area (Å²) in [6.45, 7) is 4.36. The molecule has 1 heterocycles. The van der Waals surface area contributed by atoms with Crippen LogP contribution in [0.3, 0.4) is 0 Å². The predicted molar refractivity (Wildman–Crippen MR) is 81.9 cm³/mol. The Kier molecular flexibility index (Phi) is 5.60. The fourth-order valence-corrected chi connectivity index (χ4v) is 1.90. The van der Waals surface area contributed by atoms with E-state index in [0.717, 1.165) is 11.1 Å². The van der Waals surface area contributed by atoms with E-state index in [2.05, 4.69) is 20.7 Å². The third kappa shape index (κ3) is 4.63. The highest BCUT2D eigenvalue weighted by Crippen LogP contribution is 2.13. The van der Waals surface area contributed by atoms with Gasteiger partial charge < -0.3 is 10.4 Å². The highest BCUT2D eigenvalue weighted by atomic mass is 16.3. The van der Waals surface area contributed by atoms with Crippen molar-refractivity contribution < 1.29 is 9.90 Å². The standard InChI is InChI=1S/C15H21N5O2/c1-3-13(21)8-9-16-14(22)10-20-18-15(17-19-20)12-6-4-11(2)5-7-12/h4-7,13,21H,3,8-10H2,1-2H3,(H,16,22). The maximum Gasteiger partial charge on any atom is 0.243 e. The normalized spacial score (nSPS) is 12.1. The summed E-state index contributed by atoms with van der Waals surface area (Å²) in [4.78, 5) is 13.0. The molecule has 2 aromatic rings. The van der Waals surface area contributed by atoms with Crippen LogP contribution in [0.4, 0.5) is 0 Å². The number of tetrazole rings is 1. The number of nitrogens with one attached hydrogen (secondary N) is 1. The average Bonchev–Trinajstić information content (AvgIpc) is 2.96. The van der Waals surface area contributed by atoms with Crippen LogP contribution in [0.15, 0.2) is 24.3 Å². The molecule has 0 radical (unpaired) electrons. The van der Waals surface area contributed by atoms with Gasteiger partial charge in [0.15, 0.2) is 0 Å². The summed E-state index contributed by atoms with van der Waals surface area (Å²) in [5.41, 5.74) is 2.02. The lowest BCUT2D eigenvalue weighted by Gasteiger charge is -2.08. The van der Waals surface area contributed by atoms with Crippen molar-refractivity contribution in [3.8, 4) is 11.4 Å². The number of amides is 1. The van der Waals surface area contributed by atoms with Crippen LogP contribution in [-0.4, -0.2) is 43.9 Å². The molecule has 1 atom stereocenters. The molecule has 1 amide bonds. The second-order valence-corrected chi connectivity index (χ2v) is 5.21. The molecule has 2 N–H and O–H groups in total. The van der Waals surface area contributed by atoms with E-state index < -0.39 is 0 Å². The van der Waals surface area contributed by atoms with Crippen LogP contribution in [0.25, 0.3) is 11.4 Å². The van der Waals surface area contributed by atoms with Gasteiger partial charge in [0.05, 0.1) is 6.10 Å². The first-order chi connectivity index (χ1) is 10.6. The number of aliphatic hydroxyl groups excluding tert-OH is 1. The molecule has 0 saturated carbocycles. The molecule has 0 aliphatic rings. The van der Waals surface area contributed by atoms with Gasteiger partial charge in [-0.3, -0.25) is 4.79 Å². The summed E-state index contributed by atoms with van der Waals surface area (Å²) < 4.78 is 0. The molecule has 1 aromatic carbocycles. The van der Waals surface area contributed by atoms with Gasteiger partial charge in [0.1, 0.15) is 6.54 Å². The van der Waals surface area contributed by atoms with Crippen molar-refractivity contribution in [2.75, 3.05) is 6.54 Å². The Balaban J connectivity index is 1.86. The van der Waals surface area contributed by atoms with E-state index in [9.17, 15) is 9.90 Å². The van der Waals surface area contributed by atoms with Crippen molar-refractivity contribution in [3.05, 3.63) is 29.8 Å². The topological polar surface area (TPSA) is 92.9 Å². The second kappa shape index (κ2) is 7.65. The van der Waals surface area contributed by atoms with Crippen LogP contribution in [0.5, 0.6) is 0 Å². The van der Waals surface area contributed by atoms with Crippen molar-refractivity contribution in [1.82, 2.24) is 25.5 Å². The molecule has 0 saturated heterocycles. The first kappa shape index (κ1) is 16.1. The van der Waals surface area contributed by atoms with E-state index in [-0.39, 0.29) is 18.6 Å². The SMILES string of the molecule is CCC(O)CCNC(=O)Cn1nnc(-c2ccc(C)cc2)n1. The van der Waals surface area contributed by atoms with Crippen molar-refractivity contribution in [1.29, 1.82) is 0 Å². The monoisotopic (exact) mass is 303 g/mol. The molecular formula is C15H21N5O2. The van der Waals surface area contributed by atoms with E-state index in [4.69, 9.17) is 0 Å². The second-order valence-electron chi connectivity index (χ2n) is 5.21. The Hall–Kier alpha value is -2.28. The summed E-state index contributed by atoms with van der Waals surface area (Å²) in [7, 11) is 0. The van der Waals surface area contributed by atoms with E-state index in [0.29, 0.717) is 25.2 Å². The first-order valence-corrected chi connectivity index (χ1v) is 7.38. The lowest BCUT2D eigenvalue weighted by atomic mass is 10.1. The minimum atomic E-state index is -0.377. The number of nitrogens with zero attached hydrogens (tertiary/aromatic N) is 4. The molecule has 0 fully saturated rings. The van der Waals surface area contributed by atoms with Crippen LogP contribution in [0, 0.1) is 6.92 Å². The molecule has 0 bridgehead atoms. The molecule has 22 heavy (non-hydrogen) atoms. The number of benzene rings is 1. The molecule has 7 heteroatoms. The third-order valence-corrected chi connectivity index (χ3v) is 3.32. The molecule has 0 spiro atoms. The number of hydrogen-bond donors (Lipinski definition) is 2. The highest BCUT2D eigenvalue weighted by Gasteiger charge is 2.09. The Morgan fingerprint density at radius 3 is 2.77 bits per heavy atom. The number of hydrogen-bond acceptors (Lipinski definition) is 5. The molecule has 1 aromatic heterocycles. The summed E-state index contributed by atoms with van der Waals surface area (Å²) in [6, 6.07) is 7.79. The zero-order valence-corrected chi connectivity index (χ0v) is 12.9. The fraction of sp³-hybridized carbons (Fsp3) is 0.467. The Labute approximate surface area is 129 Å². The van der Waals surface area contributed by atoms with Gasteiger partial charge in [0.2, 0.25) is 11.7 Å². The van der Waals surface area contributed by atoms with Gasteiger partial charge >= 0.3 is 0 Å². The van der Waals surface area contributed by atoms with Crippen molar-refractivity contribution >= 4 is 5.91 Å². The molecule has 1 unspecified atom stereocenters. The summed E-state index contributed by atoms with van der Waals surface area (Å²) in [5.74, 6) is 0.297. The Bertz CT molecular complexity index is 609. The van der Waals surface area contributed by atoms with Crippen LogP contribution in [0.1, 0.15) is 25.3 Å². The first-order valence-electron chi connectivity index (χ1n) is 7.38. The summed E-state index contributed by atoms with van der Waals surface area (Å²) >= 11 is 0.